The van der Waals surface area contributed by atoms with Crippen molar-refractivity contribution in [2.45, 2.75) is 0 Å². The molecule has 15 heavy (non-hydrogen) atoms. The van der Waals surface area contributed by atoms with Crippen LogP contribution >= 0.6 is 0 Å². The highest BCUT2D eigenvalue weighted by Crippen LogP contribution is 2.26. The molecule has 0 fully saturated rings. The van der Waals surface area contributed by atoms with Crippen LogP contribution in [-0.2, 0) is 0 Å². The zero-order valence-electron chi connectivity index (χ0n) is 8.47. The van der Waals surface area contributed by atoms with Crippen molar-refractivity contribution in [3.63, 3.8) is 0 Å². The number of methoxy groups -OCH3 is 2. The van der Waals surface area contributed by atoms with Gasteiger partial charge in [-0.3, -0.25) is 0 Å². The Morgan fingerprint density at radius 3 is 2.73 bits per heavy atom. The van der Waals surface area contributed by atoms with E-state index in [0.717, 1.165) is 4.73 Å². The van der Waals surface area contributed by atoms with Crippen molar-refractivity contribution in [2.24, 2.45) is 0 Å². The number of benzene rings is 1. The van der Waals surface area contributed by atoms with Crippen LogP contribution in [0.15, 0.2) is 24.5 Å². The van der Waals surface area contributed by atoms with E-state index in [9.17, 15) is 5.21 Å². The Kier molecular flexibility index (Phi) is 2.29. The van der Waals surface area contributed by atoms with Crippen molar-refractivity contribution in [3.05, 3.63) is 24.5 Å². The summed E-state index contributed by atoms with van der Waals surface area (Å²) < 4.78 is 11.1. The predicted octanol–water partition coefficient (Wildman–Crippen LogP) is 0.777. The summed E-state index contributed by atoms with van der Waals surface area (Å²) in [5.74, 6) is 1.02. The lowest BCUT2D eigenvalue weighted by Gasteiger charge is -2.03. The third kappa shape index (κ3) is 1.41. The van der Waals surface area contributed by atoms with Gasteiger partial charge in [-0.15, -0.1) is 0 Å². The van der Waals surface area contributed by atoms with Gasteiger partial charge in [-0.25, -0.2) is 0 Å². The van der Waals surface area contributed by atoms with Gasteiger partial charge in [0.25, 0.3) is 0 Å². The summed E-state index contributed by atoms with van der Waals surface area (Å²) in [5, 5.41) is 10.3. The van der Waals surface area contributed by atoms with Gasteiger partial charge < -0.3 is 14.7 Å². The first kappa shape index (κ1) is 9.51. The van der Waals surface area contributed by atoms with Gasteiger partial charge in [-0.2, -0.15) is 0 Å². The summed E-state index contributed by atoms with van der Waals surface area (Å²) in [7, 11) is 3.07. The van der Waals surface area contributed by atoms with E-state index in [-0.39, 0.29) is 0 Å². The number of hydrogen-bond donors (Lipinski definition) is 1. The van der Waals surface area contributed by atoms with Crippen LogP contribution in [0.1, 0.15) is 0 Å². The quantitative estimate of drug-likeness (QED) is 0.584. The molecule has 2 rings (SSSR count). The summed E-state index contributed by atoms with van der Waals surface area (Å²) >= 11 is 0. The molecule has 0 aliphatic rings. The largest absolute Gasteiger partial charge is 0.492 e. The molecule has 1 aromatic heterocycles. The Labute approximate surface area is 86.5 Å². The minimum absolute atomic E-state index is 0.453. The van der Waals surface area contributed by atoms with Crippen LogP contribution in [0.25, 0.3) is 10.9 Å². The maximum absolute atomic E-state index is 9.62. The highest BCUT2D eigenvalue weighted by Gasteiger charge is 2.18. The molecule has 0 spiro atoms. The van der Waals surface area contributed by atoms with Gasteiger partial charge in [0.05, 0.1) is 14.2 Å². The molecule has 5 nitrogen and oxygen atoms in total. The fourth-order valence-corrected chi connectivity index (χ4v) is 1.49. The highest BCUT2D eigenvalue weighted by molar-refractivity contribution is 5.85. The monoisotopic (exact) mass is 207 g/mol. The Hall–Kier alpha value is -2.04. The molecule has 0 saturated carbocycles. The lowest BCUT2D eigenvalue weighted by molar-refractivity contribution is -0.886. The van der Waals surface area contributed by atoms with Crippen LogP contribution in [0.5, 0.6) is 11.6 Å². The van der Waals surface area contributed by atoms with Crippen molar-refractivity contribution in [1.29, 1.82) is 0 Å². The summed E-state index contributed by atoms with van der Waals surface area (Å²) in [5.41, 5.74) is 0.534. The van der Waals surface area contributed by atoms with Crippen molar-refractivity contribution >= 4 is 10.9 Å². The molecular weight excluding hydrogens is 196 g/mol. The second-order valence-corrected chi connectivity index (χ2v) is 2.95. The molecule has 0 aliphatic heterocycles. The van der Waals surface area contributed by atoms with Crippen molar-refractivity contribution < 1.29 is 19.4 Å². The predicted molar refractivity (Wildman–Crippen MR) is 52.2 cm³/mol. The van der Waals surface area contributed by atoms with Gasteiger partial charge in [0, 0.05) is 0 Å². The van der Waals surface area contributed by atoms with Crippen LogP contribution in [0, 0.1) is 0 Å². The standard InChI is InChI=1S/C10H11N2O3/c1-14-8-5-3-4-7-9(8)12(13)6-11-10(7)15-2/h3-6,13H,1-2H3/q+1. The molecular formula is C10H11N2O3+. The van der Waals surface area contributed by atoms with Crippen LogP contribution in [0.4, 0.5) is 0 Å². The van der Waals surface area contributed by atoms with E-state index in [2.05, 4.69) is 4.98 Å². The molecule has 0 atom stereocenters. The number of ether oxygens (including phenoxy) is 2. The number of hydrogen-bond acceptors (Lipinski definition) is 4. The Morgan fingerprint density at radius 1 is 1.27 bits per heavy atom. The zero-order chi connectivity index (χ0) is 10.8. The lowest BCUT2D eigenvalue weighted by atomic mass is 10.2. The van der Waals surface area contributed by atoms with E-state index in [4.69, 9.17) is 9.47 Å². The van der Waals surface area contributed by atoms with Crippen LogP contribution in [-0.4, -0.2) is 24.4 Å². The second kappa shape index (κ2) is 3.61. The van der Waals surface area contributed by atoms with Crippen LogP contribution in [0.3, 0.4) is 0 Å². The summed E-state index contributed by atoms with van der Waals surface area (Å²) in [4.78, 5) is 3.94. The van der Waals surface area contributed by atoms with Crippen LogP contribution < -0.4 is 14.2 Å². The van der Waals surface area contributed by atoms with Gasteiger partial charge in [-0.05, 0) is 21.8 Å². The van der Waals surface area contributed by atoms with Crippen LogP contribution in [0.2, 0.25) is 0 Å². The average Bonchev–Trinajstić information content (AvgIpc) is 2.29. The minimum atomic E-state index is 0.453. The number of para-hydroxylation sites is 1. The molecule has 0 unspecified atom stereocenters. The van der Waals surface area contributed by atoms with E-state index in [1.165, 1.54) is 13.4 Å². The molecule has 78 valence electrons. The van der Waals surface area contributed by atoms with E-state index >= 15 is 0 Å². The van der Waals surface area contributed by atoms with E-state index < -0.39 is 0 Å². The Bertz CT molecular complexity index is 499. The topological polar surface area (TPSA) is 55.5 Å². The number of aromatic nitrogens is 2. The molecule has 1 aromatic carbocycles. The maximum Gasteiger partial charge on any atom is 0.339 e. The van der Waals surface area contributed by atoms with Gasteiger partial charge in [-0.1, -0.05) is 6.07 Å². The zero-order valence-corrected chi connectivity index (χ0v) is 8.47. The molecule has 0 amide bonds. The third-order valence-electron chi connectivity index (χ3n) is 2.16. The highest BCUT2D eigenvalue weighted by atomic mass is 16.5. The molecule has 0 aliphatic carbocycles. The number of nitrogens with zero attached hydrogens (tertiary/aromatic N) is 2. The summed E-state index contributed by atoms with van der Waals surface area (Å²) in [6.45, 7) is 0. The fourth-order valence-electron chi connectivity index (χ4n) is 1.49. The average molecular weight is 207 g/mol. The molecule has 0 saturated heterocycles. The lowest BCUT2D eigenvalue weighted by Crippen LogP contribution is -2.31. The van der Waals surface area contributed by atoms with Gasteiger partial charge >= 0.3 is 12.2 Å². The van der Waals surface area contributed by atoms with Gasteiger partial charge in [0.15, 0.2) is 5.75 Å². The molecule has 0 bridgehead atoms. The first-order valence-electron chi connectivity index (χ1n) is 4.38. The molecule has 1 heterocycles. The first-order valence-corrected chi connectivity index (χ1v) is 4.38. The third-order valence-corrected chi connectivity index (χ3v) is 2.16. The minimum Gasteiger partial charge on any atom is -0.492 e. The number of rotatable bonds is 2. The SMILES string of the molecule is COc1nc[n+](O)c2c(OC)cccc12. The van der Waals surface area contributed by atoms with Crippen molar-refractivity contribution in [3.8, 4) is 11.6 Å². The molecule has 1 N–H and O–H groups in total. The normalized spacial score (nSPS) is 10.3. The van der Waals surface area contributed by atoms with E-state index in [1.54, 1.807) is 19.2 Å². The van der Waals surface area contributed by atoms with Gasteiger partial charge in [0.2, 0.25) is 5.52 Å². The smallest absolute Gasteiger partial charge is 0.339 e. The first-order chi connectivity index (χ1) is 7.27. The van der Waals surface area contributed by atoms with Crippen molar-refractivity contribution in [1.82, 2.24) is 4.98 Å². The maximum atomic E-state index is 9.62. The summed E-state index contributed by atoms with van der Waals surface area (Å²) in [6, 6.07) is 5.37. The van der Waals surface area contributed by atoms with E-state index in [0.29, 0.717) is 22.5 Å². The summed E-state index contributed by atoms with van der Waals surface area (Å²) in [6.07, 6.45) is 1.27. The van der Waals surface area contributed by atoms with Crippen molar-refractivity contribution in [2.75, 3.05) is 14.2 Å². The van der Waals surface area contributed by atoms with E-state index in [1.807, 2.05) is 6.07 Å². The second-order valence-electron chi connectivity index (χ2n) is 2.95. The molecule has 2 aromatic rings. The molecule has 5 heteroatoms. The van der Waals surface area contributed by atoms with Gasteiger partial charge in [0.1, 0.15) is 5.39 Å². The number of fused-ring (bicyclic) bond motifs is 1. The Morgan fingerprint density at radius 2 is 2.07 bits per heavy atom. The Balaban J connectivity index is 2.86. The molecule has 0 radical (unpaired) electrons. The fraction of sp³-hybridized carbons (Fsp3) is 0.200.